The van der Waals surface area contributed by atoms with E-state index in [1.807, 2.05) is 64.6 Å². The molecule has 1 aromatic carbocycles. The van der Waals surface area contributed by atoms with E-state index in [0.29, 0.717) is 6.54 Å². The maximum atomic E-state index is 14.3. The van der Waals surface area contributed by atoms with Crippen molar-refractivity contribution in [2.75, 3.05) is 34.9 Å². The van der Waals surface area contributed by atoms with Crippen LogP contribution in [0.15, 0.2) is 30.3 Å². The quantitative estimate of drug-likeness (QED) is 0.182. The van der Waals surface area contributed by atoms with Crippen LogP contribution in [0.25, 0.3) is 0 Å². The third kappa shape index (κ3) is 12.3. The van der Waals surface area contributed by atoms with Crippen LogP contribution < -0.4 is 16.0 Å². The zero-order valence-electron chi connectivity index (χ0n) is 33.5. The van der Waals surface area contributed by atoms with Gasteiger partial charge in [0.15, 0.2) is 0 Å². The molecular weight excluding hydrogens is 646 g/mol. The largest absolute Gasteiger partial charge is 0.379 e. The molecule has 2 rings (SSSR count). The first-order valence-electron chi connectivity index (χ1n) is 19.1. The Hall–Kier alpha value is -3.02. The first-order valence-corrected chi connectivity index (χ1v) is 19.1. The topological polar surface area (TPSA) is 129 Å². The molecule has 0 aliphatic carbocycles. The summed E-state index contributed by atoms with van der Waals surface area (Å²) in [5, 5.41) is 9.22. The third-order valence-corrected chi connectivity index (χ3v) is 10.8. The minimum absolute atomic E-state index is 0.00593. The molecule has 0 aromatic heterocycles. The van der Waals surface area contributed by atoms with Crippen molar-refractivity contribution >= 4 is 23.6 Å². The molecule has 1 aliphatic rings. The molecular formula is C40H69N5O6. The van der Waals surface area contributed by atoms with Crippen molar-refractivity contribution in [3.05, 3.63) is 35.9 Å². The number of piperidine rings is 1. The van der Waals surface area contributed by atoms with E-state index in [9.17, 15) is 19.2 Å². The number of likely N-dealkylation sites (N-methyl/N-ethyl adjacent to an activating group) is 2. The van der Waals surface area contributed by atoms with Gasteiger partial charge in [-0.15, -0.1) is 0 Å². The molecule has 1 unspecified atom stereocenters. The molecule has 3 N–H and O–H groups in total. The van der Waals surface area contributed by atoms with Crippen LogP contribution in [0.4, 0.5) is 0 Å². The highest BCUT2D eigenvalue weighted by Gasteiger charge is 2.42. The summed E-state index contributed by atoms with van der Waals surface area (Å²) < 4.78 is 12.0. The van der Waals surface area contributed by atoms with Crippen LogP contribution in [-0.2, 0) is 35.1 Å². The molecule has 290 valence electrons. The number of benzene rings is 1. The van der Waals surface area contributed by atoms with Crippen molar-refractivity contribution in [2.45, 2.75) is 136 Å². The fourth-order valence-corrected chi connectivity index (χ4v) is 7.61. The number of amides is 4. The Bertz CT molecular complexity index is 1230. The number of hydrogen-bond acceptors (Lipinski definition) is 7. The second-order valence-electron chi connectivity index (χ2n) is 15.3. The average molecular weight is 716 g/mol. The highest BCUT2D eigenvalue weighted by molar-refractivity contribution is 5.90. The van der Waals surface area contributed by atoms with Gasteiger partial charge in [-0.25, -0.2) is 0 Å². The second kappa shape index (κ2) is 21.5. The summed E-state index contributed by atoms with van der Waals surface area (Å²) in [7, 11) is 6.69. The van der Waals surface area contributed by atoms with Gasteiger partial charge in [0.2, 0.25) is 23.6 Å². The van der Waals surface area contributed by atoms with E-state index in [1.165, 1.54) is 0 Å². The summed E-state index contributed by atoms with van der Waals surface area (Å²) in [6, 6.07) is 8.14. The lowest BCUT2D eigenvalue weighted by molar-refractivity contribution is -0.150. The molecule has 0 spiro atoms. The zero-order chi connectivity index (χ0) is 38.4. The van der Waals surface area contributed by atoms with Gasteiger partial charge in [0.05, 0.1) is 42.7 Å². The van der Waals surface area contributed by atoms with E-state index in [-0.39, 0.29) is 59.9 Å². The fraction of sp³-hybridized carbons (Fsp3) is 0.750. The van der Waals surface area contributed by atoms with Gasteiger partial charge in [-0.05, 0) is 63.0 Å². The SMILES string of the molecule is CCC(C)[C@@H]([C@@H](CC(=O)N1CCCC[C@H]1[C@H](OC)[C@@H](C)C(=O)N[C@H](C)Cc1ccccc1)OC)N(C)C(=O)[C@@H](NC(=O)[C@@H](NC)C(C)C)C(C)C. The lowest BCUT2D eigenvalue weighted by atomic mass is 9.87. The van der Waals surface area contributed by atoms with Gasteiger partial charge in [-0.1, -0.05) is 85.2 Å². The predicted octanol–water partition coefficient (Wildman–Crippen LogP) is 4.43. The molecule has 1 heterocycles. The molecule has 4 amide bonds. The van der Waals surface area contributed by atoms with Crippen LogP contribution >= 0.6 is 0 Å². The van der Waals surface area contributed by atoms with E-state index < -0.39 is 36.3 Å². The Balaban J connectivity index is 2.26. The summed E-state index contributed by atoms with van der Waals surface area (Å²) in [5.74, 6) is -1.21. The number of likely N-dealkylation sites (tertiary alicyclic amines) is 1. The fourth-order valence-electron chi connectivity index (χ4n) is 7.61. The van der Waals surface area contributed by atoms with Gasteiger partial charge in [-0.2, -0.15) is 0 Å². The summed E-state index contributed by atoms with van der Waals surface area (Å²) in [6.07, 6.45) is 2.99. The van der Waals surface area contributed by atoms with E-state index in [4.69, 9.17) is 9.47 Å². The van der Waals surface area contributed by atoms with Gasteiger partial charge in [0.1, 0.15) is 6.04 Å². The molecule has 1 fully saturated rings. The number of rotatable bonds is 20. The summed E-state index contributed by atoms with van der Waals surface area (Å²) >= 11 is 0. The number of nitrogens with zero attached hydrogens (tertiary/aromatic N) is 2. The van der Waals surface area contributed by atoms with Crippen molar-refractivity contribution in [3.63, 3.8) is 0 Å². The van der Waals surface area contributed by atoms with Gasteiger partial charge in [0.25, 0.3) is 0 Å². The predicted molar refractivity (Wildman–Crippen MR) is 203 cm³/mol. The van der Waals surface area contributed by atoms with E-state index in [1.54, 1.807) is 33.2 Å². The smallest absolute Gasteiger partial charge is 0.245 e. The van der Waals surface area contributed by atoms with Crippen molar-refractivity contribution in [3.8, 4) is 0 Å². The van der Waals surface area contributed by atoms with Crippen molar-refractivity contribution in [2.24, 2.45) is 23.7 Å². The average Bonchev–Trinajstić information content (AvgIpc) is 3.10. The van der Waals surface area contributed by atoms with Crippen molar-refractivity contribution < 1.29 is 28.7 Å². The molecule has 11 nitrogen and oxygen atoms in total. The Morgan fingerprint density at radius 1 is 0.882 bits per heavy atom. The molecule has 0 radical (unpaired) electrons. The normalized spacial score (nSPS) is 19.7. The molecule has 0 saturated carbocycles. The molecule has 0 bridgehead atoms. The molecule has 51 heavy (non-hydrogen) atoms. The monoisotopic (exact) mass is 716 g/mol. The Kier molecular flexibility index (Phi) is 18.6. The van der Waals surface area contributed by atoms with Crippen LogP contribution in [0.5, 0.6) is 0 Å². The van der Waals surface area contributed by atoms with Gasteiger partial charge in [-0.3, -0.25) is 19.2 Å². The minimum atomic E-state index is -0.742. The van der Waals surface area contributed by atoms with Gasteiger partial charge >= 0.3 is 0 Å². The van der Waals surface area contributed by atoms with Gasteiger partial charge in [0, 0.05) is 33.9 Å². The minimum Gasteiger partial charge on any atom is -0.379 e. The number of nitrogens with one attached hydrogen (secondary N) is 3. The summed E-state index contributed by atoms with van der Waals surface area (Å²) in [6.45, 7) is 16.3. The number of methoxy groups -OCH3 is 2. The van der Waals surface area contributed by atoms with Crippen molar-refractivity contribution in [1.82, 2.24) is 25.8 Å². The second-order valence-corrected chi connectivity index (χ2v) is 15.3. The molecule has 1 aliphatic heterocycles. The Morgan fingerprint density at radius 2 is 1.51 bits per heavy atom. The molecule has 1 aromatic rings. The maximum absolute atomic E-state index is 14.3. The number of carbonyl (C=O) groups is 4. The van der Waals surface area contributed by atoms with E-state index >= 15 is 0 Å². The Labute approximate surface area is 308 Å². The highest BCUT2D eigenvalue weighted by atomic mass is 16.5. The summed E-state index contributed by atoms with van der Waals surface area (Å²) in [5.41, 5.74) is 1.15. The van der Waals surface area contributed by atoms with Crippen LogP contribution in [-0.4, -0.2) is 111 Å². The highest BCUT2D eigenvalue weighted by Crippen LogP contribution is 2.29. The number of hydrogen-bond donors (Lipinski definition) is 3. The zero-order valence-corrected chi connectivity index (χ0v) is 33.5. The standard InChI is InChI=1S/C40H69N5O6/c1-13-27(6)36(44(10)40(49)35(26(4)5)43-39(48)34(41-9)25(2)3)32(50-11)24-33(46)45-22-18-17-21-31(45)37(51-12)29(8)38(47)42-28(7)23-30-19-15-14-16-20-30/h14-16,19-20,25-29,31-32,34-37,41H,13,17-18,21-24H2,1-12H3,(H,42,47)(H,43,48)/t27?,28-,29-,31+,32-,34+,35+,36+,37-/m1/s1. The molecule has 11 heteroatoms. The first-order chi connectivity index (χ1) is 24.1. The van der Waals surface area contributed by atoms with E-state index in [0.717, 1.165) is 37.7 Å². The van der Waals surface area contributed by atoms with Crippen LogP contribution in [0, 0.1) is 23.7 Å². The molecule has 1 saturated heterocycles. The first kappa shape index (κ1) is 44.1. The van der Waals surface area contributed by atoms with Crippen LogP contribution in [0.3, 0.4) is 0 Å². The van der Waals surface area contributed by atoms with Crippen LogP contribution in [0.1, 0.15) is 93.1 Å². The van der Waals surface area contributed by atoms with Crippen LogP contribution in [0.2, 0.25) is 0 Å². The van der Waals surface area contributed by atoms with Gasteiger partial charge < -0.3 is 35.2 Å². The molecule has 9 atom stereocenters. The van der Waals surface area contributed by atoms with Crippen molar-refractivity contribution in [1.29, 1.82) is 0 Å². The maximum Gasteiger partial charge on any atom is 0.245 e. The number of ether oxygens (including phenoxy) is 2. The van der Waals surface area contributed by atoms with E-state index in [2.05, 4.69) is 41.9 Å². The number of carbonyl (C=O) groups excluding carboxylic acids is 4. The lowest BCUT2D eigenvalue weighted by Crippen LogP contribution is -2.60. The Morgan fingerprint density at radius 3 is 2.04 bits per heavy atom. The summed E-state index contributed by atoms with van der Waals surface area (Å²) in [4.78, 5) is 58.7. The third-order valence-electron chi connectivity index (χ3n) is 10.8. The lowest BCUT2D eigenvalue weighted by Gasteiger charge is -2.43.